The minimum atomic E-state index is -0.672. The van der Waals surface area contributed by atoms with Crippen LogP contribution in [0.25, 0.3) is 11.0 Å². The number of amides is 1. The van der Waals surface area contributed by atoms with Gasteiger partial charge in [-0.2, -0.15) is 0 Å². The Hall–Kier alpha value is -2.37. The van der Waals surface area contributed by atoms with Crippen LogP contribution in [0, 0.1) is 0 Å². The summed E-state index contributed by atoms with van der Waals surface area (Å²) >= 11 is 0. The summed E-state index contributed by atoms with van der Waals surface area (Å²) < 4.78 is 2.66. The molecule has 0 bridgehead atoms. The van der Waals surface area contributed by atoms with E-state index in [1.807, 2.05) is 20.8 Å². The van der Waals surface area contributed by atoms with Gasteiger partial charge in [-0.05, 0) is 32.9 Å². The number of carbonyl (C=O) groups is 1. The molecule has 0 spiro atoms. The molecule has 0 saturated carbocycles. The Labute approximate surface area is 122 Å². The van der Waals surface area contributed by atoms with E-state index in [-0.39, 0.29) is 18.5 Å². The lowest BCUT2D eigenvalue weighted by Crippen LogP contribution is -2.44. The van der Waals surface area contributed by atoms with Crippen LogP contribution >= 0.6 is 0 Å². The third kappa shape index (κ3) is 2.89. The van der Waals surface area contributed by atoms with Crippen LogP contribution < -0.4 is 16.4 Å². The van der Waals surface area contributed by atoms with E-state index in [2.05, 4.69) is 5.32 Å². The van der Waals surface area contributed by atoms with Crippen molar-refractivity contribution in [2.24, 2.45) is 0 Å². The molecule has 2 aromatic rings. The highest BCUT2D eigenvalue weighted by Gasteiger charge is 2.14. The number of aromatic nitrogens is 2. The number of hydrogen-bond acceptors (Lipinski definition) is 3. The summed E-state index contributed by atoms with van der Waals surface area (Å²) in [5.74, 6) is -0.286. The predicted octanol–water partition coefficient (Wildman–Crippen LogP) is 0.708. The van der Waals surface area contributed by atoms with Crippen LogP contribution in [0.5, 0.6) is 0 Å². The number of fused-ring (bicyclic) bond motifs is 1. The van der Waals surface area contributed by atoms with Gasteiger partial charge in [0.15, 0.2) is 0 Å². The SMILES string of the molecule is CCn1c(=O)c(=O)n(CC(=O)NC(C)C)c2ccccc21. The summed E-state index contributed by atoms with van der Waals surface area (Å²) in [7, 11) is 0. The van der Waals surface area contributed by atoms with E-state index in [1.54, 1.807) is 24.3 Å². The topological polar surface area (TPSA) is 73.1 Å². The van der Waals surface area contributed by atoms with Crippen molar-refractivity contribution in [3.63, 3.8) is 0 Å². The highest BCUT2D eigenvalue weighted by molar-refractivity contribution is 5.80. The van der Waals surface area contributed by atoms with Gasteiger partial charge in [-0.15, -0.1) is 0 Å². The number of hydrogen-bond donors (Lipinski definition) is 1. The Kier molecular flexibility index (Phi) is 4.26. The second kappa shape index (κ2) is 5.95. The molecule has 0 aliphatic heterocycles. The average Bonchev–Trinajstić information content (AvgIpc) is 2.43. The molecule has 6 heteroatoms. The molecule has 0 aliphatic rings. The van der Waals surface area contributed by atoms with E-state index in [4.69, 9.17) is 0 Å². The Bertz CT molecular complexity index is 787. The Balaban J connectivity index is 2.64. The molecule has 0 aliphatic carbocycles. The number of aryl methyl sites for hydroxylation is 1. The van der Waals surface area contributed by atoms with Crippen LogP contribution in [0.15, 0.2) is 33.9 Å². The van der Waals surface area contributed by atoms with Gasteiger partial charge in [0.1, 0.15) is 6.54 Å². The van der Waals surface area contributed by atoms with Gasteiger partial charge in [0, 0.05) is 12.6 Å². The van der Waals surface area contributed by atoms with Crippen LogP contribution in [-0.4, -0.2) is 21.1 Å². The first-order chi connectivity index (χ1) is 9.95. The number of nitrogens with zero attached hydrogens (tertiary/aromatic N) is 2. The summed E-state index contributed by atoms with van der Waals surface area (Å²) in [6, 6.07) is 7.08. The third-order valence-corrected chi connectivity index (χ3v) is 3.20. The number of carbonyl (C=O) groups excluding carboxylic acids is 1. The molecule has 1 N–H and O–H groups in total. The summed E-state index contributed by atoms with van der Waals surface area (Å²) in [6.07, 6.45) is 0. The highest BCUT2D eigenvalue weighted by Crippen LogP contribution is 2.10. The van der Waals surface area contributed by atoms with E-state index in [0.717, 1.165) is 0 Å². The minimum Gasteiger partial charge on any atom is -0.352 e. The molecular formula is C15H19N3O3. The van der Waals surface area contributed by atoms with Crippen LogP contribution in [0.3, 0.4) is 0 Å². The van der Waals surface area contributed by atoms with Crippen LogP contribution in [0.2, 0.25) is 0 Å². The molecule has 0 fully saturated rings. The molecule has 0 saturated heterocycles. The largest absolute Gasteiger partial charge is 0.352 e. The van der Waals surface area contributed by atoms with Gasteiger partial charge in [-0.3, -0.25) is 19.0 Å². The van der Waals surface area contributed by atoms with Crippen molar-refractivity contribution in [2.45, 2.75) is 39.9 Å². The molecule has 0 atom stereocenters. The lowest BCUT2D eigenvalue weighted by atomic mass is 10.2. The molecule has 2 rings (SSSR count). The molecule has 1 amide bonds. The number of benzene rings is 1. The minimum absolute atomic E-state index is 0.0181. The molecule has 0 unspecified atom stereocenters. The normalized spacial score (nSPS) is 11.0. The summed E-state index contributed by atoms with van der Waals surface area (Å²) in [4.78, 5) is 36.3. The molecule has 1 aromatic heterocycles. The molecule has 112 valence electrons. The second-order valence-electron chi connectivity index (χ2n) is 5.15. The van der Waals surface area contributed by atoms with E-state index in [1.165, 1.54) is 9.13 Å². The van der Waals surface area contributed by atoms with Gasteiger partial charge in [-0.1, -0.05) is 12.1 Å². The average molecular weight is 289 g/mol. The quantitative estimate of drug-likeness (QED) is 0.842. The molecule has 6 nitrogen and oxygen atoms in total. The zero-order chi connectivity index (χ0) is 15.6. The van der Waals surface area contributed by atoms with Crippen molar-refractivity contribution >= 4 is 16.9 Å². The smallest absolute Gasteiger partial charge is 0.317 e. The predicted molar refractivity (Wildman–Crippen MR) is 81.4 cm³/mol. The van der Waals surface area contributed by atoms with E-state index in [0.29, 0.717) is 17.6 Å². The van der Waals surface area contributed by atoms with Crippen molar-refractivity contribution in [2.75, 3.05) is 0 Å². The standard InChI is InChI=1S/C15H19N3O3/c1-4-17-11-7-5-6-8-12(11)18(15(21)14(17)20)9-13(19)16-10(2)3/h5-8,10H,4,9H2,1-3H3,(H,16,19). The Morgan fingerprint density at radius 2 is 1.62 bits per heavy atom. The summed E-state index contributed by atoms with van der Waals surface area (Å²) in [5, 5.41) is 2.72. The molecule has 0 radical (unpaired) electrons. The van der Waals surface area contributed by atoms with Crippen molar-refractivity contribution in [1.29, 1.82) is 0 Å². The van der Waals surface area contributed by atoms with Gasteiger partial charge in [0.2, 0.25) is 5.91 Å². The Morgan fingerprint density at radius 1 is 1.10 bits per heavy atom. The van der Waals surface area contributed by atoms with E-state index < -0.39 is 11.1 Å². The van der Waals surface area contributed by atoms with Gasteiger partial charge in [0.25, 0.3) is 0 Å². The maximum atomic E-state index is 12.2. The van der Waals surface area contributed by atoms with E-state index in [9.17, 15) is 14.4 Å². The first kappa shape index (κ1) is 15.0. The highest BCUT2D eigenvalue weighted by atomic mass is 16.2. The zero-order valence-corrected chi connectivity index (χ0v) is 12.4. The summed E-state index contributed by atoms with van der Waals surface area (Å²) in [6.45, 7) is 5.75. The lowest BCUT2D eigenvalue weighted by Gasteiger charge is -2.14. The van der Waals surface area contributed by atoms with Crippen LogP contribution in [-0.2, 0) is 17.9 Å². The monoisotopic (exact) mass is 289 g/mol. The first-order valence-corrected chi connectivity index (χ1v) is 6.97. The fraction of sp³-hybridized carbons (Fsp3) is 0.400. The van der Waals surface area contributed by atoms with Gasteiger partial charge < -0.3 is 9.88 Å². The van der Waals surface area contributed by atoms with Crippen LogP contribution in [0.4, 0.5) is 0 Å². The van der Waals surface area contributed by atoms with E-state index >= 15 is 0 Å². The fourth-order valence-corrected chi connectivity index (χ4v) is 2.35. The van der Waals surface area contributed by atoms with Gasteiger partial charge >= 0.3 is 11.1 Å². The van der Waals surface area contributed by atoms with Gasteiger partial charge in [0.05, 0.1) is 11.0 Å². The molecule has 1 heterocycles. The maximum absolute atomic E-state index is 12.2. The van der Waals surface area contributed by atoms with Crippen molar-refractivity contribution in [1.82, 2.24) is 14.5 Å². The first-order valence-electron chi connectivity index (χ1n) is 6.97. The Morgan fingerprint density at radius 3 is 2.14 bits per heavy atom. The van der Waals surface area contributed by atoms with Crippen molar-refractivity contribution in [3.05, 3.63) is 45.0 Å². The second-order valence-corrected chi connectivity index (χ2v) is 5.15. The summed E-state index contributed by atoms with van der Waals surface area (Å²) in [5.41, 5.74) is -0.0344. The number of para-hydroxylation sites is 2. The molecule has 21 heavy (non-hydrogen) atoms. The van der Waals surface area contributed by atoms with Crippen molar-refractivity contribution < 1.29 is 4.79 Å². The zero-order valence-electron chi connectivity index (χ0n) is 12.4. The third-order valence-electron chi connectivity index (χ3n) is 3.20. The molecular weight excluding hydrogens is 270 g/mol. The molecule has 1 aromatic carbocycles. The number of rotatable bonds is 4. The van der Waals surface area contributed by atoms with Gasteiger partial charge in [-0.25, -0.2) is 0 Å². The lowest BCUT2D eigenvalue weighted by molar-refractivity contribution is -0.122. The van der Waals surface area contributed by atoms with Crippen LogP contribution in [0.1, 0.15) is 20.8 Å². The number of nitrogens with one attached hydrogen (secondary N) is 1. The van der Waals surface area contributed by atoms with Crippen molar-refractivity contribution in [3.8, 4) is 0 Å². The maximum Gasteiger partial charge on any atom is 0.317 e. The fourth-order valence-electron chi connectivity index (χ4n) is 2.35.